The summed E-state index contributed by atoms with van der Waals surface area (Å²) in [6, 6.07) is 14.9. The van der Waals surface area contributed by atoms with E-state index in [1.54, 1.807) is 0 Å². The highest BCUT2D eigenvalue weighted by molar-refractivity contribution is 5.89. The second kappa shape index (κ2) is 9.12. The zero-order chi connectivity index (χ0) is 23.7. The van der Waals surface area contributed by atoms with Crippen LogP contribution in [0.1, 0.15) is 62.0 Å². The Morgan fingerprint density at radius 2 is 1.65 bits per heavy atom. The predicted molar refractivity (Wildman–Crippen MR) is 126 cm³/mol. The number of alkyl carbamates (subject to hydrolysis) is 1. The van der Waals surface area contributed by atoms with Crippen LogP contribution in [0.2, 0.25) is 0 Å². The van der Waals surface area contributed by atoms with E-state index >= 15 is 0 Å². The van der Waals surface area contributed by atoms with E-state index in [2.05, 4.69) is 22.8 Å². The van der Waals surface area contributed by atoms with Crippen molar-refractivity contribution < 1.29 is 24.2 Å². The molecule has 1 spiro atoms. The molecule has 2 saturated carbocycles. The highest BCUT2D eigenvalue weighted by Gasteiger charge is 2.46. The normalized spacial score (nSPS) is 20.6. The monoisotopic (exact) mass is 462 g/mol. The zero-order valence-electron chi connectivity index (χ0n) is 19.1. The molecule has 178 valence electrons. The van der Waals surface area contributed by atoms with Crippen molar-refractivity contribution in [1.29, 1.82) is 0 Å². The SMILES string of the molecule is O=C(O)CC(NC(=O)OCC1c2ccccc2-c2ccccc21)C(=O)NC1CCCC2(CC2)C1. The van der Waals surface area contributed by atoms with Gasteiger partial charge in [-0.2, -0.15) is 0 Å². The molecular weight excluding hydrogens is 432 g/mol. The third kappa shape index (κ3) is 4.65. The van der Waals surface area contributed by atoms with Gasteiger partial charge >= 0.3 is 12.1 Å². The molecule has 3 aliphatic carbocycles. The molecule has 0 saturated heterocycles. The third-order valence-corrected chi connectivity index (χ3v) is 7.57. The number of ether oxygens (including phenoxy) is 1. The van der Waals surface area contributed by atoms with Crippen molar-refractivity contribution in [3.05, 3.63) is 59.7 Å². The Hall–Kier alpha value is -3.35. The van der Waals surface area contributed by atoms with Crippen molar-refractivity contribution in [2.45, 2.75) is 62.9 Å². The van der Waals surface area contributed by atoms with Crippen molar-refractivity contribution >= 4 is 18.0 Å². The number of aliphatic carboxylic acids is 1. The standard InChI is InChI=1S/C27H30N2O5/c30-24(31)14-23(25(32)28-17-6-5-11-27(15-17)12-13-27)29-26(33)34-16-22-20-9-3-1-7-18(20)19-8-2-4-10-21(19)22/h1-4,7-10,17,22-23H,5-6,11-16H2,(H,28,32)(H,29,33)(H,30,31). The van der Waals surface area contributed by atoms with Gasteiger partial charge in [-0.15, -0.1) is 0 Å². The third-order valence-electron chi connectivity index (χ3n) is 7.57. The molecule has 3 N–H and O–H groups in total. The van der Waals surface area contributed by atoms with E-state index in [9.17, 15) is 19.5 Å². The first-order valence-electron chi connectivity index (χ1n) is 12.1. The van der Waals surface area contributed by atoms with E-state index in [4.69, 9.17) is 4.74 Å². The van der Waals surface area contributed by atoms with Gasteiger partial charge in [0.05, 0.1) is 6.42 Å². The molecule has 0 radical (unpaired) electrons. The van der Waals surface area contributed by atoms with Gasteiger partial charge in [-0.05, 0) is 59.8 Å². The molecule has 0 aliphatic heterocycles. The minimum Gasteiger partial charge on any atom is -0.481 e. The molecule has 7 heteroatoms. The molecule has 2 aromatic carbocycles. The van der Waals surface area contributed by atoms with Gasteiger partial charge in [-0.1, -0.05) is 55.0 Å². The lowest BCUT2D eigenvalue weighted by atomic mass is 9.83. The Labute approximate surface area is 198 Å². The fourth-order valence-electron chi connectivity index (χ4n) is 5.67. The van der Waals surface area contributed by atoms with Crippen molar-refractivity contribution in [2.24, 2.45) is 5.41 Å². The molecule has 0 heterocycles. The lowest BCUT2D eigenvalue weighted by Gasteiger charge is -2.31. The van der Waals surface area contributed by atoms with Crippen molar-refractivity contribution in [3.63, 3.8) is 0 Å². The van der Waals surface area contributed by atoms with Gasteiger partial charge in [0, 0.05) is 12.0 Å². The van der Waals surface area contributed by atoms with Crippen LogP contribution in [-0.2, 0) is 14.3 Å². The molecule has 2 aromatic rings. The van der Waals surface area contributed by atoms with Crippen LogP contribution in [0.3, 0.4) is 0 Å². The summed E-state index contributed by atoms with van der Waals surface area (Å²) in [4.78, 5) is 36.8. The summed E-state index contributed by atoms with van der Waals surface area (Å²) < 4.78 is 5.51. The Bertz CT molecular complexity index is 1060. The van der Waals surface area contributed by atoms with Crippen LogP contribution < -0.4 is 10.6 Å². The maximum Gasteiger partial charge on any atom is 0.407 e. The smallest absolute Gasteiger partial charge is 0.407 e. The first kappa shape index (κ1) is 22.4. The number of nitrogens with one attached hydrogen (secondary N) is 2. The number of rotatable bonds is 7. The Morgan fingerprint density at radius 1 is 1.00 bits per heavy atom. The van der Waals surface area contributed by atoms with E-state index in [0.717, 1.165) is 41.5 Å². The van der Waals surface area contributed by atoms with Crippen LogP contribution in [0.15, 0.2) is 48.5 Å². The largest absolute Gasteiger partial charge is 0.481 e. The Morgan fingerprint density at radius 3 is 2.26 bits per heavy atom. The van der Waals surface area contributed by atoms with Crippen LogP contribution >= 0.6 is 0 Å². The topological polar surface area (TPSA) is 105 Å². The Kier molecular flexibility index (Phi) is 6.02. The molecule has 3 aliphatic rings. The first-order valence-corrected chi connectivity index (χ1v) is 12.1. The molecule has 5 rings (SSSR count). The first-order chi connectivity index (χ1) is 16.4. The number of hydrogen-bond donors (Lipinski definition) is 3. The summed E-state index contributed by atoms with van der Waals surface area (Å²) in [6.45, 7) is 0.104. The number of carbonyl (C=O) groups excluding carboxylic acids is 2. The number of fused-ring (bicyclic) bond motifs is 3. The van der Waals surface area contributed by atoms with E-state index in [0.29, 0.717) is 5.41 Å². The fourth-order valence-corrected chi connectivity index (χ4v) is 5.67. The average molecular weight is 463 g/mol. The number of amides is 2. The number of benzene rings is 2. The minimum atomic E-state index is -1.18. The van der Waals surface area contributed by atoms with E-state index in [1.807, 2.05) is 36.4 Å². The molecule has 0 bridgehead atoms. The van der Waals surface area contributed by atoms with Crippen LogP contribution in [0.4, 0.5) is 4.79 Å². The van der Waals surface area contributed by atoms with Gasteiger partial charge in [0.1, 0.15) is 12.6 Å². The molecular formula is C27H30N2O5. The second-order valence-corrected chi connectivity index (χ2v) is 9.92. The summed E-state index contributed by atoms with van der Waals surface area (Å²) in [7, 11) is 0. The molecule has 0 aromatic heterocycles. The van der Waals surface area contributed by atoms with Gasteiger partial charge in [0.2, 0.25) is 5.91 Å². The molecule has 7 nitrogen and oxygen atoms in total. The fraction of sp³-hybridized carbons (Fsp3) is 0.444. The average Bonchev–Trinajstić information content (AvgIpc) is 3.48. The van der Waals surface area contributed by atoms with Gasteiger partial charge in [-0.3, -0.25) is 9.59 Å². The zero-order valence-corrected chi connectivity index (χ0v) is 19.1. The molecule has 34 heavy (non-hydrogen) atoms. The summed E-state index contributed by atoms with van der Waals surface area (Å²) in [5.41, 5.74) is 4.79. The maximum atomic E-state index is 12.9. The number of hydrogen-bond acceptors (Lipinski definition) is 4. The molecule has 2 fully saturated rings. The molecule has 2 amide bonds. The quantitative estimate of drug-likeness (QED) is 0.572. The van der Waals surface area contributed by atoms with Crippen LogP contribution in [0.25, 0.3) is 11.1 Å². The van der Waals surface area contributed by atoms with Gasteiger partial charge < -0.3 is 20.5 Å². The number of carboxylic acid groups (broad SMARTS) is 1. The highest BCUT2D eigenvalue weighted by Crippen LogP contribution is 2.56. The van der Waals surface area contributed by atoms with E-state index in [-0.39, 0.29) is 18.6 Å². The summed E-state index contributed by atoms with van der Waals surface area (Å²) in [5, 5.41) is 14.8. The maximum absolute atomic E-state index is 12.9. The van der Waals surface area contributed by atoms with Gasteiger partial charge in [0.15, 0.2) is 0 Å². The van der Waals surface area contributed by atoms with E-state index < -0.39 is 30.4 Å². The molecule has 2 atom stereocenters. The van der Waals surface area contributed by atoms with Gasteiger partial charge in [-0.25, -0.2) is 4.79 Å². The summed E-state index contributed by atoms with van der Waals surface area (Å²) in [6.07, 6.45) is 5.22. The minimum absolute atomic E-state index is 0.0318. The Balaban J connectivity index is 1.21. The van der Waals surface area contributed by atoms with Crippen LogP contribution in [0, 0.1) is 5.41 Å². The van der Waals surface area contributed by atoms with Crippen molar-refractivity contribution in [1.82, 2.24) is 10.6 Å². The lowest BCUT2D eigenvalue weighted by Crippen LogP contribution is -2.51. The van der Waals surface area contributed by atoms with Crippen molar-refractivity contribution in [3.8, 4) is 11.1 Å². The van der Waals surface area contributed by atoms with Gasteiger partial charge in [0.25, 0.3) is 0 Å². The van der Waals surface area contributed by atoms with E-state index in [1.165, 1.54) is 19.3 Å². The number of carboxylic acids is 1. The predicted octanol–water partition coefficient (Wildman–Crippen LogP) is 4.21. The second-order valence-electron chi connectivity index (χ2n) is 9.92. The molecule has 2 unspecified atom stereocenters. The number of carbonyl (C=O) groups is 3. The highest BCUT2D eigenvalue weighted by atomic mass is 16.5. The summed E-state index contributed by atoms with van der Waals surface area (Å²) >= 11 is 0. The van der Waals surface area contributed by atoms with Crippen molar-refractivity contribution in [2.75, 3.05) is 6.61 Å². The lowest BCUT2D eigenvalue weighted by molar-refractivity contribution is -0.140. The van der Waals surface area contributed by atoms with Crippen LogP contribution in [-0.4, -0.2) is 41.8 Å². The van der Waals surface area contributed by atoms with Crippen LogP contribution in [0.5, 0.6) is 0 Å². The summed E-state index contributed by atoms with van der Waals surface area (Å²) in [5.74, 6) is -1.72.